The number of azo groups is 1. The van der Waals surface area contributed by atoms with Gasteiger partial charge in [0, 0.05) is 11.3 Å². The van der Waals surface area contributed by atoms with Crippen LogP contribution in [0, 0.1) is 20.2 Å². The van der Waals surface area contributed by atoms with Crippen molar-refractivity contribution < 1.29 is 24.1 Å². The molecule has 12 nitrogen and oxygen atoms in total. The number of carbonyl (C=O) groups excluding carboxylic acids is 1. The number of hydrogen-bond acceptors (Lipinski definition) is 11. The zero-order chi connectivity index (χ0) is 26.8. The Morgan fingerprint density at radius 1 is 0.972 bits per heavy atom. The molecule has 0 radical (unpaired) electrons. The number of hydrogen-bond donors (Lipinski definition) is 0. The Hall–Kier alpha value is -4.39. The van der Waals surface area contributed by atoms with E-state index in [0.717, 1.165) is 11.8 Å². The maximum atomic E-state index is 11.7. The highest BCUT2D eigenvalue weighted by atomic mass is 32.1. The number of carbonyl (C=O) groups is 1. The van der Waals surface area contributed by atoms with Crippen molar-refractivity contribution in [2.75, 3.05) is 31.2 Å². The van der Waals surface area contributed by atoms with Gasteiger partial charge in [0.1, 0.15) is 25.0 Å². The molecule has 2 rings (SSSR count). The van der Waals surface area contributed by atoms with Crippen molar-refractivity contribution in [2.24, 2.45) is 10.2 Å². The van der Waals surface area contributed by atoms with E-state index < -0.39 is 26.5 Å². The van der Waals surface area contributed by atoms with E-state index in [0.29, 0.717) is 53.6 Å². The molecule has 1 heterocycles. The number of benzene rings is 1. The van der Waals surface area contributed by atoms with Gasteiger partial charge in [0.2, 0.25) is 5.00 Å². The van der Waals surface area contributed by atoms with E-state index in [1.807, 2.05) is 4.90 Å². The van der Waals surface area contributed by atoms with Gasteiger partial charge in [-0.1, -0.05) is 19.7 Å². The second-order valence-corrected chi connectivity index (χ2v) is 8.47. The van der Waals surface area contributed by atoms with Gasteiger partial charge in [-0.3, -0.25) is 20.2 Å². The summed E-state index contributed by atoms with van der Waals surface area (Å²) in [5.41, 5.74) is 1.67. The molecular formula is C23H25N5O7S. The first-order valence-electron chi connectivity index (χ1n) is 10.5. The molecule has 0 amide bonds. The lowest BCUT2D eigenvalue weighted by Crippen LogP contribution is -2.31. The average molecular weight is 516 g/mol. The molecule has 36 heavy (non-hydrogen) atoms. The first-order valence-corrected chi connectivity index (χ1v) is 11.3. The lowest BCUT2D eigenvalue weighted by Gasteiger charge is -2.25. The van der Waals surface area contributed by atoms with E-state index in [-0.39, 0.29) is 11.6 Å². The number of rotatable bonds is 14. The minimum absolute atomic E-state index is 0.120. The van der Waals surface area contributed by atoms with E-state index in [1.54, 1.807) is 38.1 Å². The van der Waals surface area contributed by atoms with Crippen LogP contribution in [0.4, 0.5) is 27.1 Å². The number of nitro groups is 2. The molecule has 1 aromatic carbocycles. The summed E-state index contributed by atoms with van der Waals surface area (Å²) < 4.78 is 10.8. The fourth-order valence-corrected chi connectivity index (χ4v) is 3.39. The molecular weight excluding hydrogens is 490 g/mol. The van der Waals surface area contributed by atoms with Crippen molar-refractivity contribution >= 4 is 44.4 Å². The second-order valence-electron chi connectivity index (χ2n) is 7.46. The highest BCUT2D eigenvalue weighted by Crippen LogP contribution is 2.42. The first-order chi connectivity index (χ1) is 17.0. The minimum Gasteiger partial charge on any atom is -0.492 e. The van der Waals surface area contributed by atoms with Crippen LogP contribution in [-0.4, -0.2) is 42.1 Å². The molecule has 0 unspecified atom stereocenters. The molecule has 0 spiro atoms. The van der Waals surface area contributed by atoms with Gasteiger partial charge in [-0.2, -0.15) is 0 Å². The van der Waals surface area contributed by atoms with Crippen LogP contribution in [0.5, 0.6) is 0 Å². The summed E-state index contributed by atoms with van der Waals surface area (Å²) in [6, 6.07) is 7.60. The van der Waals surface area contributed by atoms with Crippen molar-refractivity contribution in [1.29, 1.82) is 0 Å². The maximum Gasteiger partial charge on any atom is 0.333 e. The smallest absolute Gasteiger partial charge is 0.333 e. The number of thiophene rings is 1. The predicted octanol–water partition coefficient (Wildman–Crippen LogP) is 6.01. The van der Waals surface area contributed by atoms with Gasteiger partial charge < -0.3 is 14.4 Å². The fourth-order valence-electron chi connectivity index (χ4n) is 2.63. The maximum absolute atomic E-state index is 11.7. The molecule has 0 aliphatic carbocycles. The molecule has 1 aromatic heterocycles. The van der Waals surface area contributed by atoms with Crippen molar-refractivity contribution in [3.8, 4) is 0 Å². The summed E-state index contributed by atoms with van der Waals surface area (Å²) in [6.07, 6.45) is 0. The van der Waals surface area contributed by atoms with Gasteiger partial charge in [-0.15, -0.1) is 10.2 Å². The molecule has 0 fully saturated rings. The van der Waals surface area contributed by atoms with Crippen LogP contribution in [0.15, 0.2) is 77.2 Å². The second kappa shape index (κ2) is 12.9. The fraction of sp³-hybridized carbons (Fsp3) is 0.261. The molecule has 0 saturated heterocycles. The van der Waals surface area contributed by atoms with Crippen LogP contribution in [0.3, 0.4) is 0 Å². The average Bonchev–Trinajstić information content (AvgIpc) is 3.27. The van der Waals surface area contributed by atoms with Crippen LogP contribution < -0.4 is 4.90 Å². The van der Waals surface area contributed by atoms with Gasteiger partial charge in [0.25, 0.3) is 0 Å². The Balaban J connectivity index is 2.15. The van der Waals surface area contributed by atoms with E-state index in [2.05, 4.69) is 30.0 Å². The molecule has 0 atom stereocenters. The Kier molecular flexibility index (Phi) is 9.98. The van der Waals surface area contributed by atoms with E-state index in [9.17, 15) is 25.0 Å². The summed E-state index contributed by atoms with van der Waals surface area (Å²) in [5.74, 6) is -0.0112. The van der Waals surface area contributed by atoms with Crippen molar-refractivity contribution in [3.63, 3.8) is 0 Å². The molecule has 0 N–H and O–H groups in total. The molecule has 190 valence electrons. The summed E-state index contributed by atoms with van der Waals surface area (Å²) in [6.45, 7) is 15.7. The van der Waals surface area contributed by atoms with E-state index in [1.165, 1.54) is 0 Å². The van der Waals surface area contributed by atoms with Crippen molar-refractivity contribution in [3.05, 3.63) is 87.2 Å². The summed E-state index contributed by atoms with van der Waals surface area (Å²) >= 11 is 0.566. The number of nitrogens with zero attached hydrogens (tertiary/aromatic N) is 5. The standard InChI is InChI=1S/C23H25N5O7S/c1-15(2)17(5)34-12-10-26(11-13-35-23(29)16(3)4)19-8-6-18(7-9-19)24-25-22-20(27(30)31)14-21(36-22)28(32)33/h6-9,14H,1,3,5,10-13H2,2,4H3. The van der Waals surface area contributed by atoms with Gasteiger partial charge in [0.05, 0.1) is 28.6 Å². The van der Waals surface area contributed by atoms with Gasteiger partial charge in [0.15, 0.2) is 0 Å². The quantitative estimate of drug-likeness (QED) is 0.0564. The lowest BCUT2D eigenvalue weighted by atomic mass is 10.2. The molecule has 0 saturated carbocycles. The summed E-state index contributed by atoms with van der Waals surface area (Å²) in [4.78, 5) is 34.2. The Bertz CT molecular complexity index is 1170. The Morgan fingerprint density at radius 2 is 1.58 bits per heavy atom. The normalized spacial score (nSPS) is 10.6. The topological polar surface area (TPSA) is 150 Å². The largest absolute Gasteiger partial charge is 0.492 e. The number of allylic oxidation sites excluding steroid dienone is 1. The predicted molar refractivity (Wildman–Crippen MR) is 136 cm³/mol. The highest BCUT2D eigenvalue weighted by Gasteiger charge is 2.25. The third-order valence-corrected chi connectivity index (χ3v) is 5.54. The van der Waals surface area contributed by atoms with Gasteiger partial charge in [-0.05, 0) is 55.0 Å². The number of ether oxygens (including phenoxy) is 2. The number of anilines is 1. The summed E-state index contributed by atoms with van der Waals surface area (Å²) in [7, 11) is 0. The van der Waals surface area contributed by atoms with Crippen LogP contribution in [-0.2, 0) is 14.3 Å². The first kappa shape index (κ1) is 27.9. The van der Waals surface area contributed by atoms with E-state index in [4.69, 9.17) is 9.47 Å². The minimum atomic E-state index is -0.746. The third-order valence-electron chi connectivity index (χ3n) is 4.58. The zero-order valence-electron chi connectivity index (χ0n) is 19.8. The Morgan fingerprint density at radius 3 is 2.11 bits per heavy atom. The monoisotopic (exact) mass is 515 g/mol. The Labute approximate surface area is 211 Å². The zero-order valence-corrected chi connectivity index (χ0v) is 20.7. The van der Waals surface area contributed by atoms with Crippen molar-refractivity contribution in [1.82, 2.24) is 0 Å². The van der Waals surface area contributed by atoms with Crippen LogP contribution in [0.25, 0.3) is 0 Å². The number of esters is 1. The van der Waals surface area contributed by atoms with Crippen molar-refractivity contribution in [2.45, 2.75) is 13.8 Å². The molecule has 2 aromatic rings. The van der Waals surface area contributed by atoms with Gasteiger partial charge in [-0.25, -0.2) is 4.79 Å². The summed E-state index contributed by atoms with van der Waals surface area (Å²) in [5, 5.41) is 29.3. The third kappa shape index (κ3) is 8.13. The SMILES string of the molecule is C=C(C)C(=C)OCCN(CCOC(=O)C(=C)C)c1ccc(N=Nc2sc([N+](=O)[O-])cc2[N+](=O)[O-])cc1. The van der Waals surface area contributed by atoms with E-state index >= 15 is 0 Å². The van der Waals surface area contributed by atoms with Crippen LogP contribution in [0.2, 0.25) is 0 Å². The molecule has 0 aliphatic heterocycles. The lowest BCUT2D eigenvalue weighted by molar-refractivity contribution is -0.389. The van der Waals surface area contributed by atoms with Crippen LogP contribution in [0.1, 0.15) is 13.8 Å². The molecule has 0 bridgehead atoms. The van der Waals surface area contributed by atoms with Gasteiger partial charge >= 0.3 is 16.7 Å². The molecule has 13 heteroatoms. The van der Waals surface area contributed by atoms with Crippen LogP contribution >= 0.6 is 11.3 Å². The highest BCUT2D eigenvalue weighted by molar-refractivity contribution is 7.19. The molecule has 0 aliphatic rings.